The largest absolute Gasteiger partial charge is 0.478 e. The Morgan fingerprint density at radius 2 is 2.05 bits per heavy atom. The molecule has 0 heterocycles. The Morgan fingerprint density at radius 1 is 1.38 bits per heavy atom. The van der Waals surface area contributed by atoms with Crippen molar-refractivity contribution in [2.75, 3.05) is 11.9 Å². The molecule has 0 bridgehead atoms. The minimum Gasteiger partial charge on any atom is -0.478 e. The van der Waals surface area contributed by atoms with Crippen molar-refractivity contribution in [3.8, 4) is 0 Å². The maximum absolute atomic E-state index is 13.1. The van der Waals surface area contributed by atoms with Crippen LogP contribution in [0, 0.1) is 5.82 Å². The lowest BCUT2D eigenvalue weighted by molar-refractivity contribution is 0.0697. The summed E-state index contributed by atoms with van der Waals surface area (Å²) in [6.45, 7) is 2.45. The minimum absolute atomic E-state index is 0.116. The van der Waals surface area contributed by atoms with Crippen LogP contribution in [-0.2, 0) is 0 Å². The number of carboxylic acid groups (broad SMARTS) is 1. The molecule has 2 rings (SSSR count). The molecule has 0 spiro atoms. The predicted molar refractivity (Wildman–Crippen MR) is 77.0 cm³/mol. The summed E-state index contributed by atoms with van der Waals surface area (Å²) in [6, 6.07) is 3.18. The van der Waals surface area contributed by atoms with Crippen molar-refractivity contribution in [3.63, 3.8) is 0 Å². The van der Waals surface area contributed by atoms with Crippen LogP contribution < -0.4 is 5.32 Å². The number of carboxylic acids is 1. The Morgan fingerprint density at radius 3 is 2.62 bits per heavy atom. The van der Waals surface area contributed by atoms with Gasteiger partial charge < -0.3 is 15.3 Å². The summed E-state index contributed by atoms with van der Waals surface area (Å²) in [4.78, 5) is 25.1. The quantitative estimate of drug-likeness (QED) is 0.895. The van der Waals surface area contributed by atoms with Crippen LogP contribution in [0.3, 0.4) is 0 Å². The highest BCUT2D eigenvalue weighted by Gasteiger charge is 2.26. The molecule has 1 saturated carbocycles. The average Bonchev–Trinajstić information content (AvgIpc) is 2.95. The molecule has 5 nitrogen and oxygen atoms in total. The van der Waals surface area contributed by atoms with Crippen molar-refractivity contribution in [1.29, 1.82) is 0 Å². The second-order valence-electron chi connectivity index (χ2n) is 5.15. The third-order valence-corrected chi connectivity index (χ3v) is 3.82. The molecule has 6 heteroatoms. The number of aromatic carboxylic acids is 1. The molecule has 0 aromatic heterocycles. The van der Waals surface area contributed by atoms with Crippen molar-refractivity contribution < 1.29 is 19.1 Å². The Balaban J connectivity index is 2.16. The highest BCUT2D eigenvalue weighted by molar-refractivity contribution is 6.00. The summed E-state index contributed by atoms with van der Waals surface area (Å²) in [7, 11) is 0. The SMILES string of the molecule is CCN(C(=O)Nc1ccc(F)cc1C(=O)O)C1CCCC1. The van der Waals surface area contributed by atoms with Gasteiger partial charge in [0.15, 0.2) is 0 Å². The van der Waals surface area contributed by atoms with E-state index in [-0.39, 0.29) is 23.3 Å². The Bertz CT molecular complexity index is 542. The van der Waals surface area contributed by atoms with E-state index in [2.05, 4.69) is 5.32 Å². The lowest BCUT2D eigenvalue weighted by Crippen LogP contribution is -2.41. The molecule has 1 aromatic carbocycles. The van der Waals surface area contributed by atoms with Gasteiger partial charge in [0.05, 0.1) is 11.3 Å². The highest BCUT2D eigenvalue weighted by atomic mass is 19.1. The first-order valence-corrected chi connectivity index (χ1v) is 7.13. The zero-order chi connectivity index (χ0) is 15.4. The van der Waals surface area contributed by atoms with Crippen LogP contribution in [0.1, 0.15) is 43.0 Å². The number of halogens is 1. The third kappa shape index (κ3) is 3.51. The van der Waals surface area contributed by atoms with Crippen molar-refractivity contribution in [2.45, 2.75) is 38.6 Å². The van der Waals surface area contributed by atoms with Gasteiger partial charge in [-0.25, -0.2) is 14.0 Å². The Hall–Kier alpha value is -2.11. The standard InChI is InChI=1S/C15H19FN2O3/c1-2-18(11-5-3-4-6-11)15(21)17-13-8-7-10(16)9-12(13)14(19)20/h7-9,11H,2-6H2,1H3,(H,17,21)(H,19,20). The molecule has 21 heavy (non-hydrogen) atoms. The second kappa shape index (κ2) is 6.56. The van der Waals surface area contributed by atoms with E-state index in [1.165, 1.54) is 6.07 Å². The van der Waals surface area contributed by atoms with E-state index in [1.807, 2.05) is 6.92 Å². The van der Waals surface area contributed by atoms with E-state index in [0.717, 1.165) is 37.8 Å². The zero-order valence-corrected chi connectivity index (χ0v) is 11.9. The van der Waals surface area contributed by atoms with Crippen molar-refractivity contribution >= 4 is 17.7 Å². The first-order chi connectivity index (χ1) is 10.0. The van der Waals surface area contributed by atoms with Crippen LogP contribution in [0.4, 0.5) is 14.9 Å². The zero-order valence-electron chi connectivity index (χ0n) is 11.9. The first kappa shape index (κ1) is 15.3. The van der Waals surface area contributed by atoms with E-state index < -0.39 is 11.8 Å². The van der Waals surface area contributed by atoms with Gasteiger partial charge in [-0.3, -0.25) is 0 Å². The molecule has 0 unspecified atom stereocenters. The number of benzene rings is 1. The van der Waals surface area contributed by atoms with Crippen molar-refractivity contribution in [3.05, 3.63) is 29.6 Å². The van der Waals surface area contributed by atoms with Gasteiger partial charge >= 0.3 is 12.0 Å². The number of rotatable bonds is 4. The van der Waals surface area contributed by atoms with Gasteiger partial charge in [0.25, 0.3) is 0 Å². The number of urea groups is 1. The fourth-order valence-corrected chi connectivity index (χ4v) is 2.77. The number of hydrogen-bond acceptors (Lipinski definition) is 2. The smallest absolute Gasteiger partial charge is 0.337 e. The summed E-state index contributed by atoms with van der Waals surface area (Å²) in [5, 5.41) is 11.7. The normalized spacial score (nSPS) is 15.0. The molecule has 2 N–H and O–H groups in total. The Labute approximate surface area is 122 Å². The lowest BCUT2D eigenvalue weighted by Gasteiger charge is -2.28. The molecule has 1 fully saturated rings. The lowest BCUT2D eigenvalue weighted by atomic mass is 10.1. The van der Waals surface area contributed by atoms with E-state index in [1.54, 1.807) is 4.90 Å². The summed E-state index contributed by atoms with van der Waals surface area (Å²) >= 11 is 0. The monoisotopic (exact) mass is 294 g/mol. The number of carbonyl (C=O) groups is 2. The van der Waals surface area contributed by atoms with Crippen LogP contribution in [0.15, 0.2) is 18.2 Å². The minimum atomic E-state index is -1.27. The molecule has 114 valence electrons. The number of nitrogens with zero attached hydrogens (tertiary/aromatic N) is 1. The second-order valence-corrected chi connectivity index (χ2v) is 5.15. The maximum Gasteiger partial charge on any atom is 0.337 e. The summed E-state index contributed by atoms with van der Waals surface area (Å²) < 4.78 is 13.1. The van der Waals surface area contributed by atoms with Crippen molar-refractivity contribution in [1.82, 2.24) is 4.90 Å². The number of anilines is 1. The molecule has 0 aliphatic heterocycles. The van der Waals surface area contributed by atoms with Gasteiger partial charge in [-0.1, -0.05) is 12.8 Å². The summed E-state index contributed by atoms with van der Waals surface area (Å²) in [6.07, 6.45) is 4.14. The summed E-state index contributed by atoms with van der Waals surface area (Å²) in [5.74, 6) is -1.91. The van der Waals surface area contributed by atoms with E-state index in [4.69, 9.17) is 5.11 Å². The molecular weight excluding hydrogens is 275 g/mol. The van der Waals surface area contributed by atoms with Crippen LogP contribution in [0.2, 0.25) is 0 Å². The fraction of sp³-hybridized carbons (Fsp3) is 0.467. The fourth-order valence-electron chi connectivity index (χ4n) is 2.77. The van der Waals surface area contributed by atoms with Crippen LogP contribution in [0.5, 0.6) is 0 Å². The number of hydrogen-bond donors (Lipinski definition) is 2. The predicted octanol–water partition coefficient (Wildman–Crippen LogP) is 3.32. The Kier molecular flexibility index (Phi) is 4.77. The molecule has 0 saturated heterocycles. The topological polar surface area (TPSA) is 69.6 Å². The number of amides is 2. The molecule has 1 aliphatic rings. The van der Waals surface area contributed by atoms with Crippen LogP contribution >= 0.6 is 0 Å². The van der Waals surface area contributed by atoms with Gasteiger partial charge in [0.2, 0.25) is 0 Å². The molecule has 1 aliphatic carbocycles. The van der Waals surface area contributed by atoms with Crippen molar-refractivity contribution in [2.24, 2.45) is 0 Å². The summed E-state index contributed by atoms with van der Waals surface area (Å²) in [5.41, 5.74) is -0.129. The number of carbonyl (C=O) groups excluding carboxylic acids is 1. The van der Waals surface area contributed by atoms with E-state index >= 15 is 0 Å². The van der Waals surface area contributed by atoms with Gasteiger partial charge in [-0.05, 0) is 38.0 Å². The highest BCUT2D eigenvalue weighted by Crippen LogP contribution is 2.25. The molecule has 0 radical (unpaired) electrons. The number of nitrogens with one attached hydrogen (secondary N) is 1. The molecule has 1 aromatic rings. The van der Waals surface area contributed by atoms with Gasteiger partial charge in [0.1, 0.15) is 5.82 Å². The maximum atomic E-state index is 13.1. The average molecular weight is 294 g/mol. The molecule has 2 amide bonds. The van der Waals surface area contributed by atoms with E-state index in [9.17, 15) is 14.0 Å². The first-order valence-electron chi connectivity index (χ1n) is 7.13. The van der Waals surface area contributed by atoms with Gasteiger partial charge in [0, 0.05) is 12.6 Å². The molecule has 0 atom stereocenters. The van der Waals surface area contributed by atoms with Crippen LogP contribution in [-0.4, -0.2) is 34.6 Å². The molecular formula is C15H19FN2O3. The van der Waals surface area contributed by atoms with Gasteiger partial charge in [-0.15, -0.1) is 0 Å². The van der Waals surface area contributed by atoms with Gasteiger partial charge in [-0.2, -0.15) is 0 Å². The third-order valence-electron chi connectivity index (χ3n) is 3.82. The van der Waals surface area contributed by atoms with E-state index in [0.29, 0.717) is 6.54 Å². The van der Waals surface area contributed by atoms with Crippen LogP contribution in [0.25, 0.3) is 0 Å².